The molecule has 1 saturated heterocycles. The fourth-order valence-electron chi connectivity index (χ4n) is 4.71. The molecular formula is C24H34N4O2. The number of ether oxygens (including phenoxy) is 1. The van der Waals surface area contributed by atoms with Gasteiger partial charge < -0.3 is 19.5 Å². The fourth-order valence-corrected chi connectivity index (χ4v) is 4.71. The van der Waals surface area contributed by atoms with Crippen molar-refractivity contribution in [3.8, 4) is 5.75 Å². The van der Waals surface area contributed by atoms with E-state index >= 15 is 0 Å². The maximum absolute atomic E-state index is 13.0. The molecule has 2 aliphatic heterocycles. The Morgan fingerprint density at radius 3 is 2.77 bits per heavy atom. The highest BCUT2D eigenvalue weighted by atomic mass is 16.5. The van der Waals surface area contributed by atoms with Crippen LogP contribution in [0.5, 0.6) is 5.75 Å². The molecule has 0 saturated carbocycles. The van der Waals surface area contributed by atoms with Gasteiger partial charge in [-0.25, -0.2) is 4.98 Å². The Labute approximate surface area is 179 Å². The van der Waals surface area contributed by atoms with E-state index in [0.717, 1.165) is 43.9 Å². The quantitative estimate of drug-likeness (QED) is 0.776. The van der Waals surface area contributed by atoms with Crippen molar-refractivity contribution in [3.05, 3.63) is 47.5 Å². The summed E-state index contributed by atoms with van der Waals surface area (Å²) in [7, 11) is 0. The molecule has 2 bridgehead atoms. The van der Waals surface area contributed by atoms with E-state index < -0.39 is 0 Å². The molecule has 4 rings (SSSR count). The first kappa shape index (κ1) is 20.9. The number of fused-ring (bicyclic) bond motifs is 3. The summed E-state index contributed by atoms with van der Waals surface area (Å²) >= 11 is 0. The Hall–Kier alpha value is -2.34. The number of piperidine rings is 1. The molecule has 6 nitrogen and oxygen atoms in total. The molecular weight excluding hydrogens is 376 g/mol. The highest BCUT2D eigenvalue weighted by molar-refractivity contribution is 5.92. The average molecular weight is 411 g/mol. The van der Waals surface area contributed by atoms with Crippen LogP contribution in [0.15, 0.2) is 30.5 Å². The van der Waals surface area contributed by atoms with Crippen molar-refractivity contribution < 1.29 is 9.53 Å². The largest absolute Gasteiger partial charge is 0.492 e. The van der Waals surface area contributed by atoms with Crippen LogP contribution in [0.4, 0.5) is 0 Å². The number of carbonyl (C=O) groups excluding carboxylic acids is 1. The van der Waals surface area contributed by atoms with Gasteiger partial charge in [0.15, 0.2) is 0 Å². The van der Waals surface area contributed by atoms with Gasteiger partial charge in [0.05, 0.1) is 12.7 Å². The van der Waals surface area contributed by atoms with E-state index in [2.05, 4.69) is 33.1 Å². The second-order valence-corrected chi connectivity index (χ2v) is 8.60. The molecule has 0 spiro atoms. The summed E-state index contributed by atoms with van der Waals surface area (Å²) in [6.45, 7) is 6.04. The number of nitrogens with one attached hydrogen (secondary N) is 1. The third-order valence-electron chi connectivity index (χ3n) is 6.39. The predicted octanol–water partition coefficient (Wildman–Crippen LogP) is 3.82. The third-order valence-corrected chi connectivity index (χ3v) is 6.39. The van der Waals surface area contributed by atoms with Crippen molar-refractivity contribution in [1.82, 2.24) is 19.8 Å². The minimum absolute atomic E-state index is 0.00751. The molecule has 2 aliphatic rings. The molecule has 1 fully saturated rings. The topological polar surface area (TPSA) is 61.5 Å². The standard InChI is InChI=1S/C24H34N4O2/c1-19-25-18-23(26-19)24(29)28-14-5-4-13-27-12-3-2-8-21(27)11-10-20-7-6-9-22(17-20)30-16-15-28/h6-7,9,17-18,21H,2-5,8,10-16H2,1H3,(H,25,26). The smallest absolute Gasteiger partial charge is 0.272 e. The lowest BCUT2D eigenvalue weighted by molar-refractivity contribution is 0.0716. The second kappa shape index (κ2) is 10.1. The van der Waals surface area contributed by atoms with E-state index in [1.165, 1.54) is 37.8 Å². The Bertz CT molecular complexity index is 834. The maximum Gasteiger partial charge on any atom is 0.272 e. The van der Waals surface area contributed by atoms with E-state index in [-0.39, 0.29) is 5.91 Å². The summed E-state index contributed by atoms with van der Waals surface area (Å²) < 4.78 is 6.02. The number of hydrogen-bond donors (Lipinski definition) is 1. The van der Waals surface area contributed by atoms with Crippen LogP contribution < -0.4 is 4.74 Å². The van der Waals surface area contributed by atoms with Gasteiger partial charge in [-0.2, -0.15) is 0 Å². The van der Waals surface area contributed by atoms with Crippen molar-refractivity contribution in [2.45, 2.75) is 57.9 Å². The van der Waals surface area contributed by atoms with Gasteiger partial charge in [0, 0.05) is 12.6 Å². The number of imidazole rings is 1. The first-order chi connectivity index (χ1) is 14.7. The van der Waals surface area contributed by atoms with Gasteiger partial charge >= 0.3 is 0 Å². The molecule has 1 atom stereocenters. The van der Waals surface area contributed by atoms with Crippen LogP contribution in [0, 0.1) is 6.92 Å². The lowest BCUT2D eigenvalue weighted by Crippen LogP contribution is -2.41. The summed E-state index contributed by atoms with van der Waals surface area (Å²) in [5.74, 6) is 1.67. The normalized spacial score (nSPS) is 21.8. The summed E-state index contributed by atoms with van der Waals surface area (Å²) in [6, 6.07) is 9.14. The molecule has 30 heavy (non-hydrogen) atoms. The predicted molar refractivity (Wildman–Crippen MR) is 118 cm³/mol. The summed E-state index contributed by atoms with van der Waals surface area (Å²) in [6.07, 6.45) is 10.0. The van der Waals surface area contributed by atoms with Crippen LogP contribution in [0.2, 0.25) is 0 Å². The second-order valence-electron chi connectivity index (χ2n) is 8.60. The number of H-pyrrole nitrogens is 1. The number of hydrogen-bond acceptors (Lipinski definition) is 4. The van der Waals surface area contributed by atoms with Gasteiger partial charge in [0.2, 0.25) is 0 Å². The zero-order chi connectivity index (χ0) is 20.8. The number of benzene rings is 1. The van der Waals surface area contributed by atoms with Crippen LogP contribution >= 0.6 is 0 Å². The first-order valence-corrected chi connectivity index (χ1v) is 11.5. The molecule has 1 amide bonds. The molecule has 0 radical (unpaired) electrons. The Kier molecular flexibility index (Phi) is 7.05. The van der Waals surface area contributed by atoms with Crippen molar-refractivity contribution in [2.75, 3.05) is 32.8 Å². The maximum atomic E-state index is 13.0. The van der Waals surface area contributed by atoms with E-state index in [9.17, 15) is 4.79 Å². The minimum Gasteiger partial charge on any atom is -0.492 e. The molecule has 1 aromatic carbocycles. The number of aromatic amines is 1. The number of aromatic nitrogens is 2. The van der Waals surface area contributed by atoms with E-state index in [0.29, 0.717) is 24.9 Å². The molecule has 1 N–H and O–H groups in total. The zero-order valence-electron chi connectivity index (χ0n) is 18.1. The van der Waals surface area contributed by atoms with Gasteiger partial charge in [0.1, 0.15) is 23.9 Å². The molecule has 0 aliphatic carbocycles. The monoisotopic (exact) mass is 410 g/mol. The van der Waals surface area contributed by atoms with Crippen molar-refractivity contribution >= 4 is 5.91 Å². The fraction of sp³-hybridized carbons (Fsp3) is 0.583. The molecule has 162 valence electrons. The van der Waals surface area contributed by atoms with Gasteiger partial charge in [-0.1, -0.05) is 18.6 Å². The number of nitrogens with zero attached hydrogens (tertiary/aromatic N) is 3. The number of rotatable bonds is 1. The van der Waals surface area contributed by atoms with Gasteiger partial charge in [-0.05, 0) is 76.2 Å². The Morgan fingerprint density at radius 2 is 1.93 bits per heavy atom. The number of aryl methyl sites for hydroxylation is 2. The van der Waals surface area contributed by atoms with E-state index in [1.807, 2.05) is 17.9 Å². The van der Waals surface area contributed by atoms with Gasteiger partial charge in [-0.15, -0.1) is 0 Å². The Morgan fingerprint density at radius 1 is 1.10 bits per heavy atom. The summed E-state index contributed by atoms with van der Waals surface area (Å²) in [5, 5.41) is 0. The number of carbonyl (C=O) groups is 1. The van der Waals surface area contributed by atoms with Crippen LogP contribution in [0.1, 0.15) is 60.4 Å². The lowest BCUT2D eigenvalue weighted by atomic mass is 9.95. The van der Waals surface area contributed by atoms with E-state index in [4.69, 9.17) is 4.74 Å². The van der Waals surface area contributed by atoms with Crippen LogP contribution in [0.3, 0.4) is 0 Å². The average Bonchev–Trinajstić information content (AvgIpc) is 3.20. The molecule has 6 heteroatoms. The Balaban J connectivity index is 1.48. The van der Waals surface area contributed by atoms with Gasteiger partial charge in [0.25, 0.3) is 5.91 Å². The lowest BCUT2D eigenvalue weighted by Gasteiger charge is -2.36. The SMILES string of the molecule is Cc1ncc(C(=O)N2CCCCN3CCCCC3CCc3cccc(c3)OCC2)[nH]1. The third kappa shape index (κ3) is 5.42. The first-order valence-electron chi connectivity index (χ1n) is 11.5. The molecule has 3 heterocycles. The van der Waals surface area contributed by atoms with Crippen LogP contribution in [-0.2, 0) is 6.42 Å². The van der Waals surface area contributed by atoms with E-state index in [1.54, 1.807) is 6.20 Å². The van der Waals surface area contributed by atoms with Crippen molar-refractivity contribution in [2.24, 2.45) is 0 Å². The van der Waals surface area contributed by atoms with Crippen molar-refractivity contribution in [3.63, 3.8) is 0 Å². The highest BCUT2D eigenvalue weighted by Gasteiger charge is 2.23. The minimum atomic E-state index is 0.00751. The van der Waals surface area contributed by atoms with Crippen molar-refractivity contribution in [1.29, 1.82) is 0 Å². The summed E-state index contributed by atoms with van der Waals surface area (Å²) in [5.41, 5.74) is 1.90. The molecule has 1 unspecified atom stereocenters. The zero-order valence-corrected chi connectivity index (χ0v) is 18.1. The molecule has 1 aromatic heterocycles. The van der Waals surface area contributed by atoms with Crippen LogP contribution in [-0.4, -0.2) is 64.5 Å². The van der Waals surface area contributed by atoms with Gasteiger partial charge in [-0.3, -0.25) is 4.79 Å². The number of amides is 1. The summed E-state index contributed by atoms with van der Waals surface area (Å²) in [4.78, 5) is 24.9. The van der Waals surface area contributed by atoms with Crippen LogP contribution in [0.25, 0.3) is 0 Å². The molecule has 2 aromatic rings. The highest BCUT2D eigenvalue weighted by Crippen LogP contribution is 2.23.